The Labute approximate surface area is 147 Å². The van der Waals surface area contributed by atoms with Crippen LogP contribution in [-0.4, -0.2) is 41.5 Å². The summed E-state index contributed by atoms with van der Waals surface area (Å²) < 4.78 is 0. The molecule has 3 amide bonds. The molecule has 1 aliphatic heterocycles. The van der Waals surface area contributed by atoms with Gasteiger partial charge in [0, 0.05) is 37.9 Å². The fourth-order valence-electron chi connectivity index (χ4n) is 2.99. The maximum Gasteiger partial charge on any atom is 0.318 e. The first-order valence-corrected chi connectivity index (χ1v) is 8.50. The second-order valence-corrected chi connectivity index (χ2v) is 5.98. The summed E-state index contributed by atoms with van der Waals surface area (Å²) in [4.78, 5) is 30.6. The summed E-state index contributed by atoms with van der Waals surface area (Å²) in [5.74, 6) is -0.0300. The molecular formula is C19H22N4O2. The predicted octanol–water partition coefficient (Wildman–Crippen LogP) is 1.90. The van der Waals surface area contributed by atoms with E-state index >= 15 is 0 Å². The van der Waals surface area contributed by atoms with Gasteiger partial charge in [0.2, 0.25) is 5.91 Å². The zero-order valence-electron chi connectivity index (χ0n) is 14.0. The van der Waals surface area contributed by atoms with E-state index in [1.165, 1.54) is 0 Å². The van der Waals surface area contributed by atoms with E-state index in [2.05, 4.69) is 15.6 Å². The van der Waals surface area contributed by atoms with E-state index in [0.29, 0.717) is 26.1 Å². The van der Waals surface area contributed by atoms with Crippen molar-refractivity contribution in [2.24, 2.45) is 0 Å². The number of hydrogen-bond acceptors (Lipinski definition) is 3. The molecule has 1 saturated heterocycles. The Kier molecular flexibility index (Phi) is 5.61. The van der Waals surface area contributed by atoms with Crippen LogP contribution < -0.4 is 10.6 Å². The number of nitrogens with zero attached hydrogens (tertiary/aromatic N) is 2. The number of hydrogen-bond donors (Lipinski definition) is 2. The lowest BCUT2D eigenvalue weighted by Gasteiger charge is -2.29. The van der Waals surface area contributed by atoms with Gasteiger partial charge < -0.3 is 15.5 Å². The fourth-order valence-corrected chi connectivity index (χ4v) is 2.99. The molecule has 1 atom stereocenters. The van der Waals surface area contributed by atoms with Crippen LogP contribution in [0.4, 0.5) is 4.79 Å². The van der Waals surface area contributed by atoms with E-state index in [0.717, 1.165) is 11.3 Å². The van der Waals surface area contributed by atoms with Crippen LogP contribution in [0.5, 0.6) is 0 Å². The molecule has 1 fully saturated rings. The summed E-state index contributed by atoms with van der Waals surface area (Å²) in [6, 6.07) is 15.0. The predicted molar refractivity (Wildman–Crippen MR) is 94.9 cm³/mol. The molecule has 0 unspecified atom stereocenters. The molecule has 0 aliphatic carbocycles. The van der Waals surface area contributed by atoms with Crippen LogP contribution in [0.2, 0.25) is 0 Å². The lowest BCUT2D eigenvalue weighted by molar-refractivity contribution is -0.121. The monoisotopic (exact) mass is 338 g/mol. The molecular weight excluding hydrogens is 316 g/mol. The largest absolute Gasteiger partial charge is 0.354 e. The number of nitrogens with one attached hydrogen (secondary N) is 2. The summed E-state index contributed by atoms with van der Waals surface area (Å²) in [5, 5.41) is 5.79. The van der Waals surface area contributed by atoms with Gasteiger partial charge in [-0.1, -0.05) is 36.4 Å². The first kappa shape index (κ1) is 17.0. The second kappa shape index (κ2) is 8.28. The smallest absolute Gasteiger partial charge is 0.318 e. The Balaban J connectivity index is 1.66. The summed E-state index contributed by atoms with van der Waals surface area (Å²) in [5.41, 5.74) is 1.91. The topological polar surface area (TPSA) is 74.3 Å². The third-order valence-corrected chi connectivity index (χ3v) is 4.26. The molecule has 1 aliphatic rings. The van der Waals surface area contributed by atoms with Gasteiger partial charge in [0.15, 0.2) is 0 Å². The van der Waals surface area contributed by atoms with Crippen molar-refractivity contribution in [1.82, 2.24) is 20.5 Å². The molecule has 2 N–H and O–H groups in total. The van der Waals surface area contributed by atoms with Crippen molar-refractivity contribution < 1.29 is 9.59 Å². The molecule has 130 valence electrons. The van der Waals surface area contributed by atoms with Crippen molar-refractivity contribution in [1.29, 1.82) is 0 Å². The lowest BCUT2D eigenvalue weighted by Crippen LogP contribution is -2.44. The summed E-state index contributed by atoms with van der Waals surface area (Å²) in [6.07, 6.45) is 2.69. The minimum Gasteiger partial charge on any atom is -0.354 e. The number of aromatic nitrogens is 1. The van der Waals surface area contributed by atoms with E-state index in [-0.39, 0.29) is 24.4 Å². The van der Waals surface area contributed by atoms with Crippen LogP contribution in [0.1, 0.15) is 23.7 Å². The van der Waals surface area contributed by atoms with Crippen molar-refractivity contribution >= 4 is 11.9 Å². The highest BCUT2D eigenvalue weighted by Crippen LogP contribution is 2.25. The maximum absolute atomic E-state index is 12.7. The molecule has 6 heteroatoms. The van der Waals surface area contributed by atoms with E-state index in [4.69, 9.17) is 0 Å². The quantitative estimate of drug-likeness (QED) is 0.894. The Hall–Kier alpha value is -2.89. The summed E-state index contributed by atoms with van der Waals surface area (Å²) in [6.45, 7) is 1.46. The van der Waals surface area contributed by atoms with Crippen molar-refractivity contribution in [2.75, 3.05) is 19.6 Å². The molecule has 3 rings (SSSR count). The minimum atomic E-state index is -0.251. The first-order valence-electron chi connectivity index (χ1n) is 8.50. The number of pyridine rings is 1. The van der Waals surface area contributed by atoms with Gasteiger partial charge in [0.1, 0.15) is 0 Å². The zero-order valence-corrected chi connectivity index (χ0v) is 14.0. The Bertz CT molecular complexity index is 706. The van der Waals surface area contributed by atoms with Crippen molar-refractivity contribution in [2.45, 2.75) is 18.9 Å². The van der Waals surface area contributed by atoms with Gasteiger partial charge >= 0.3 is 6.03 Å². The van der Waals surface area contributed by atoms with Gasteiger partial charge in [-0.15, -0.1) is 0 Å². The zero-order chi connectivity index (χ0) is 17.5. The third-order valence-electron chi connectivity index (χ3n) is 4.26. The van der Waals surface area contributed by atoms with Crippen LogP contribution in [0.3, 0.4) is 0 Å². The van der Waals surface area contributed by atoms with Crippen molar-refractivity contribution in [3.63, 3.8) is 0 Å². The maximum atomic E-state index is 12.7. The van der Waals surface area contributed by atoms with Gasteiger partial charge in [0.25, 0.3) is 0 Å². The molecule has 0 saturated carbocycles. The van der Waals surface area contributed by atoms with E-state index in [1.807, 2.05) is 48.5 Å². The Morgan fingerprint density at radius 3 is 2.76 bits per heavy atom. The van der Waals surface area contributed by atoms with E-state index in [9.17, 15) is 9.59 Å². The highest BCUT2D eigenvalue weighted by atomic mass is 16.2. The molecule has 2 aromatic rings. The average molecular weight is 338 g/mol. The molecule has 0 radical (unpaired) electrons. The molecule has 25 heavy (non-hydrogen) atoms. The lowest BCUT2D eigenvalue weighted by atomic mass is 10.0. The first-order chi connectivity index (χ1) is 12.2. The fraction of sp³-hybridized carbons (Fsp3) is 0.316. The number of carbonyl (C=O) groups is 2. The number of rotatable bonds is 4. The third kappa shape index (κ3) is 4.56. The van der Waals surface area contributed by atoms with Crippen molar-refractivity contribution in [3.05, 3.63) is 66.0 Å². The normalized spacial score (nSPS) is 17.5. The highest BCUT2D eigenvalue weighted by Gasteiger charge is 2.29. The second-order valence-electron chi connectivity index (χ2n) is 5.98. The van der Waals surface area contributed by atoms with Gasteiger partial charge in [-0.05, 0) is 17.7 Å². The Morgan fingerprint density at radius 1 is 1.20 bits per heavy atom. The molecule has 6 nitrogen and oxygen atoms in total. The van der Waals surface area contributed by atoms with Crippen LogP contribution in [-0.2, 0) is 11.2 Å². The average Bonchev–Trinajstić information content (AvgIpc) is 2.85. The molecule has 1 aromatic heterocycles. The summed E-state index contributed by atoms with van der Waals surface area (Å²) in [7, 11) is 0. The standard InChI is InChI=1S/C19H22N4O2/c24-18-14-17(15-6-2-1-3-7-15)23(13-12-21-18)19(25)22-11-9-16-8-4-5-10-20-16/h1-8,10,17H,9,11-14H2,(H,21,24)(H,22,25)/t17-/m1/s1. The van der Waals surface area contributed by atoms with Gasteiger partial charge in [-0.3, -0.25) is 9.78 Å². The van der Waals surface area contributed by atoms with E-state index in [1.54, 1.807) is 11.1 Å². The van der Waals surface area contributed by atoms with Crippen LogP contribution in [0, 0.1) is 0 Å². The molecule has 0 spiro atoms. The number of amides is 3. The number of benzene rings is 1. The van der Waals surface area contributed by atoms with Crippen LogP contribution in [0.25, 0.3) is 0 Å². The van der Waals surface area contributed by atoms with Crippen molar-refractivity contribution in [3.8, 4) is 0 Å². The van der Waals surface area contributed by atoms with Gasteiger partial charge in [0.05, 0.1) is 12.5 Å². The van der Waals surface area contributed by atoms with E-state index < -0.39 is 0 Å². The Morgan fingerprint density at radius 2 is 2.00 bits per heavy atom. The van der Waals surface area contributed by atoms with Gasteiger partial charge in [-0.2, -0.15) is 0 Å². The molecule has 2 heterocycles. The van der Waals surface area contributed by atoms with Crippen LogP contribution >= 0.6 is 0 Å². The highest BCUT2D eigenvalue weighted by molar-refractivity contribution is 5.80. The van der Waals surface area contributed by atoms with Crippen LogP contribution in [0.15, 0.2) is 54.7 Å². The summed E-state index contributed by atoms with van der Waals surface area (Å²) >= 11 is 0. The van der Waals surface area contributed by atoms with Gasteiger partial charge in [-0.25, -0.2) is 4.79 Å². The minimum absolute atomic E-state index is 0.0300. The number of carbonyl (C=O) groups excluding carboxylic acids is 2. The molecule has 0 bridgehead atoms. The SMILES string of the molecule is O=C1C[C@H](c2ccccc2)N(C(=O)NCCc2ccccn2)CCN1. The number of urea groups is 1. The molecule has 1 aromatic carbocycles.